The van der Waals surface area contributed by atoms with E-state index in [1.807, 2.05) is 13.0 Å². The first-order valence-corrected chi connectivity index (χ1v) is 6.29. The van der Waals surface area contributed by atoms with Gasteiger partial charge in [-0.1, -0.05) is 0 Å². The number of ether oxygens (including phenoxy) is 1. The van der Waals surface area contributed by atoms with Crippen molar-refractivity contribution in [1.82, 2.24) is 14.9 Å². The summed E-state index contributed by atoms with van der Waals surface area (Å²) in [5.74, 6) is -0.402. The van der Waals surface area contributed by atoms with Crippen LogP contribution in [0.1, 0.15) is 17.3 Å². The minimum atomic E-state index is -0.402. The molecule has 0 unspecified atom stereocenters. The number of carbonyl (C=O) groups is 1. The third kappa shape index (κ3) is 2.70. The number of aryl methyl sites for hydroxylation is 1. The number of hydrogen-bond donors (Lipinski definition) is 1. The van der Waals surface area contributed by atoms with E-state index in [4.69, 9.17) is 4.74 Å². The Labute approximate surface area is 116 Å². The molecule has 0 aliphatic carbocycles. The highest BCUT2D eigenvalue weighted by atomic mass is 16.5. The SMILES string of the molecule is COC[C@@H](C)NC(=O)c1cc2cccnc2n(C)c1=O. The number of hydrogen-bond acceptors (Lipinski definition) is 4. The Morgan fingerprint density at radius 3 is 3.00 bits per heavy atom. The van der Waals surface area contributed by atoms with Gasteiger partial charge in [0.15, 0.2) is 0 Å². The van der Waals surface area contributed by atoms with E-state index >= 15 is 0 Å². The van der Waals surface area contributed by atoms with Gasteiger partial charge in [-0.3, -0.25) is 14.2 Å². The van der Waals surface area contributed by atoms with Crippen molar-refractivity contribution in [2.24, 2.45) is 7.05 Å². The molecule has 6 heteroatoms. The lowest BCUT2D eigenvalue weighted by molar-refractivity contribution is 0.0904. The van der Waals surface area contributed by atoms with Crippen LogP contribution >= 0.6 is 0 Å². The predicted molar refractivity (Wildman–Crippen MR) is 75.8 cm³/mol. The minimum absolute atomic E-state index is 0.107. The zero-order valence-electron chi connectivity index (χ0n) is 11.7. The Hall–Kier alpha value is -2.21. The standard InChI is InChI=1S/C14H17N3O3/c1-9(8-20-3)16-13(18)11-7-10-5-4-6-15-12(10)17(2)14(11)19/h4-7,9H,8H2,1-3H3,(H,16,18)/t9-/m1/s1. The van der Waals surface area contributed by atoms with Gasteiger partial charge >= 0.3 is 0 Å². The quantitative estimate of drug-likeness (QED) is 0.891. The molecule has 2 aromatic rings. The van der Waals surface area contributed by atoms with Crippen LogP contribution in [0.2, 0.25) is 0 Å². The van der Waals surface area contributed by atoms with Crippen LogP contribution in [0.3, 0.4) is 0 Å². The molecule has 2 aromatic heterocycles. The average Bonchev–Trinajstić information content (AvgIpc) is 2.43. The molecule has 0 aliphatic heterocycles. The first kappa shape index (κ1) is 14.2. The molecule has 0 saturated heterocycles. The lowest BCUT2D eigenvalue weighted by Crippen LogP contribution is -2.39. The molecule has 0 saturated carbocycles. The van der Waals surface area contributed by atoms with Crippen LogP contribution in [-0.2, 0) is 11.8 Å². The van der Waals surface area contributed by atoms with Gasteiger partial charge in [-0.15, -0.1) is 0 Å². The second kappa shape index (κ2) is 5.83. The number of fused-ring (bicyclic) bond motifs is 1. The summed E-state index contributed by atoms with van der Waals surface area (Å²) in [6, 6.07) is 4.99. The fourth-order valence-corrected chi connectivity index (χ4v) is 2.05. The summed E-state index contributed by atoms with van der Waals surface area (Å²) in [5.41, 5.74) is 0.299. The first-order chi connectivity index (χ1) is 9.54. The summed E-state index contributed by atoms with van der Waals surface area (Å²) in [6.07, 6.45) is 1.61. The summed E-state index contributed by atoms with van der Waals surface area (Å²) < 4.78 is 6.34. The number of pyridine rings is 2. The molecule has 0 fully saturated rings. The molecule has 20 heavy (non-hydrogen) atoms. The molecule has 0 spiro atoms. The van der Waals surface area contributed by atoms with Crippen LogP contribution in [-0.4, -0.2) is 35.2 Å². The van der Waals surface area contributed by atoms with Crippen LogP contribution in [0.5, 0.6) is 0 Å². The van der Waals surface area contributed by atoms with E-state index in [1.165, 1.54) is 4.57 Å². The largest absolute Gasteiger partial charge is 0.383 e. The lowest BCUT2D eigenvalue weighted by atomic mass is 10.2. The molecular weight excluding hydrogens is 258 g/mol. The van der Waals surface area contributed by atoms with Gasteiger partial charge in [-0.05, 0) is 25.1 Å². The van der Waals surface area contributed by atoms with Gasteiger partial charge in [-0.25, -0.2) is 4.98 Å². The van der Waals surface area contributed by atoms with Gasteiger partial charge in [0.1, 0.15) is 11.2 Å². The Morgan fingerprint density at radius 2 is 2.30 bits per heavy atom. The molecule has 1 atom stereocenters. The van der Waals surface area contributed by atoms with Crippen molar-refractivity contribution >= 4 is 16.9 Å². The number of carbonyl (C=O) groups excluding carboxylic acids is 1. The van der Waals surface area contributed by atoms with Gasteiger partial charge in [0.2, 0.25) is 0 Å². The van der Waals surface area contributed by atoms with E-state index in [2.05, 4.69) is 10.3 Å². The molecule has 1 N–H and O–H groups in total. The summed E-state index contributed by atoms with van der Waals surface area (Å²) in [7, 11) is 3.16. The maximum absolute atomic E-state index is 12.2. The molecule has 106 valence electrons. The lowest BCUT2D eigenvalue weighted by Gasteiger charge is -2.13. The summed E-state index contributed by atoms with van der Waals surface area (Å²) in [6.45, 7) is 2.20. The van der Waals surface area contributed by atoms with Crippen molar-refractivity contribution in [2.75, 3.05) is 13.7 Å². The van der Waals surface area contributed by atoms with E-state index in [-0.39, 0.29) is 17.2 Å². The van der Waals surface area contributed by atoms with Crippen LogP contribution in [0, 0.1) is 0 Å². The molecule has 2 rings (SSSR count). The molecule has 6 nitrogen and oxygen atoms in total. The van der Waals surface area contributed by atoms with Crippen molar-refractivity contribution in [3.63, 3.8) is 0 Å². The van der Waals surface area contributed by atoms with Crippen molar-refractivity contribution in [3.05, 3.63) is 40.3 Å². The van der Waals surface area contributed by atoms with E-state index in [0.29, 0.717) is 12.3 Å². The zero-order chi connectivity index (χ0) is 14.7. The van der Waals surface area contributed by atoms with Crippen LogP contribution < -0.4 is 10.9 Å². The van der Waals surface area contributed by atoms with Gasteiger partial charge in [-0.2, -0.15) is 0 Å². The highest BCUT2D eigenvalue weighted by Crippen LogP contribution is 2.09. The van der Waals surface area contributed by atoms with Crippen molar-refractivity contribution in [3.8, 4) is 0 Å². The van der Waals surface area contributed by atoms with Gasteiger partial charge in [0.05, 0.1) is 6.61 Å². The molecule has 0 aliphatic rings. The van der Waals surface area contributed by atoms with Gasteiger partial charge < -0.3 is 10.1 Å². The fraction of sp³-hybridized carbons (Fsp3) is 0.357. The smallest absolute Gasteiger partial charge is 0.264 e. The zero-order valence-corrected chi connectivity index (χ0v) is 11.7. The summed E-state index contributed by atoms with van der Waals surface area (Å²) in [5, 5.41) is 3.48. The highest BCUT2D eigenvalue weighted by molar-refractivity contribution is 5.97. The Balaban J connectivity index is 2.42. The number of amides is 1. The topological polar surface area (TPSA) is 73.2 Å². The van der Waals surface area contributed by atoms with Crippen LogP contribution in [0.25, 0.3) is 11.0 Å². The van der Waals surface area contributed by atoms with E-state index in [1.54, 1.807) is 32.5 Å². The first-order valence-electron chi connectivity index (χ1n) is 6.29. The highest BCUT2D eigenvalue weighted by Gasteiger charge is 2.16. The van der Waals surface area contributed by atoms with E-state index in [0.717, 1.165) is 5.39 Å². The number of nitrogens with one attached hydrogen (secondary N) is 1. The fourth-order valence-electron chi connectivity index (χ4n) is 2.05. The number of rotatable bonds is 4. The van der Waals surface area contributed by atoms with Crippen molar-refractivity contribution in [1.29, 1.82) is 0 Å². The van der Waals surface area contributed by atoms with E-state index < -0.39 is 5.91 Å². The van der Waals surface area contributed by atoms with E-state index in [9.17, 15) is 9.59 Å². The second-order valence-corrected chi connectivity index (χ2v) is 4.67. The van der Waals surface area contributed by atoms with Crippen molar-refractivity contribution in [2.45, 2.75) is 13.0 Å². The molecule has 0 radical (unpaired) electrons. The van der Waals surface area contributed by atoms with Gasteiger partial charge in [0, 0.05) is 31.8 Å². The third-order valence-electron chi connectivity index (χ3n) is 3.01. The number of aromatic nitrogens is 2. The Bertz CT molecular complexity index is 694. The summed E-state index contributed by atoms with van der Waals surface area (Å²) >= 11 is 0. The monoisotopic (exact) mass is 275 g/mol. The molecule has 2 heterocycles. The number of nitrogens with zero attached hydrogens (tertiary/aromatic N) is 2. The normalized spacial score (nSPS) is 12.3. The molecule has 0 aromatic carbocycles. The van der Waals surface area contributed by atoms with Crippen LogP contribution in [0.4, 0.5) is 0 Å². The van der Waals surface area contributed by atoms with Crippen molar-refractivity contribution < 1.29 is 9.53 Å². The Morgan fingerprint density at radius 1 is 1.55 bits per heavy atom. The third-order valence-corrected chi connectivity index (χ3v) is 3.01. The number of methoxy groups -OCH3 is 1. The molecular formula is C14H17N3O3. The molecule has 0 bridgehead atoms. The van der Waals surface area contributed by atoms with Crippen LogP contribution in [0.15, 0.2) is 29.2 Å². The Kier molecular flexibility index (Phi) is 4.14. The predicted octanol–water partition coefficient (Wildman–Crippen LogP) is 0.698. The average molecular weight is 275 g/mol. The van der Waals surface area contributed by atoms with Gasteiger partial charge in [0.25, 0.3) is 11.5 Å². The summed E-state index contributed by atoms with van der Waals surface area (Å²) in [4.78, 5) is 28.5. The maximum atomic E-state index is 12.2. The molecule has 1 amide bonds. The maximum Gasteiger partial charge on any atom is 0.264 e. The second-order valence-electron chi connectivity index (χ2n) is 4.67. The minimum Gasteiger partial charge on any atom is -0.383 e.